The number of rotatable bonds is 1. The average Bonchev–Trinajstić information content (AvgIpc) is 2.50. The topological polar surface area (TPSA) is 56.0 Å². The maximum absolute atomic E-state index is 4.12. The van der Waals surface area contributed by atoms with Gasteiger partial charge in [-0.1, -0.05) is 6.92 Å². The highest BCUT2D eigenvalue weighted by molar-refractivity contribution is 5.33. The monoisotopic (exact) mass is 149 g/mol. The molecule has 5 nitrogen and oxygen atoms in total. The minimum absolute atomic E-state index is 0.747. The van der Waals surface area contributed by atoms with E-state index in [4.69, 9.17) is 0 Å². The molecule has 0 atom stereocenters. The third kappa shape index (κ3) is 0.849. The van der Waals surface area contributed by atoms with Gasteiger partial charge in [-0.2, -0.15) is 4.52 Å². The van der Waals surface area contributed by atoms with Gasteiger partial charge in [-0.25, -0.2) is 4.98 Å². The first-order valence-corrected chi connectivity index (χ1v) is 3.44. The number of aromatic nitrogens is 5. The second kappa shape index (κ2) is 2.26. The predicted octanol–water partition coefficient (Wildman–Crippen LogP) is 0.0817. The van der Waals surface area contributed by atoms with E-state index in [1.54, 1.807) is 16.8 Å². The largest absolute Gasteiger partial charge is 0.241 e. The molecule has 0 radical (unpaired) electrons. The van der Waals surface area contributed by atoms with Crippen molar-refractivity contribution in [2.45, 2.75) is 13.3 Å². The molecule has 0 saturated heterocycles. The molecular formula is C6H7N5. The minimum Gasteiger partial charge on any atom is -0.241 e. The molecule has 2 aromatic heterocycles. The Morgan fingerprint density at radius 2 is 2.45 bits per heavy atom. The summed E-state index contributed by atoms with van der Waals surface area (Å²) in [6, 6.07) is 1.78. The Morgan fingerprint density at radius 3 is 3.27 bits per heavy atom. The Morgan fingerprint density at radius 1 is 1.55 bits per heavy atom. The summed E-state index contributed by atoms with van der Waals surface area (Å²) in [5.74, 6) is 0.882. The Bertz CT molecular complexity index is 366. The molecule has 0 unspecified atom stereocenters. The van der Waals surface area contributed by atoms with Crippen molar-refractivity contribution in [2.24, 2.45) is 0 Å². The van der Waals surface area contributed by atoms with Crippen LogP contribution in [0.1, 0.15) is 12.7 Å². The van der Waals surface area contributed by atoms with E-state index in [0.29, 0.717) is 0 Å². The molecule has 0 saturated carbocycles. The number of hydrogen-bond acceptors (Lipinski definition) is 4. The first-order chi connectivity index (χ1) is 5.42. The van der Waals surface area contributed by atoms with Crippen LogP contribution in [0.4, 0.5) is 0 Å². The number of hydrogen-bond donors (Lipinski definition) is 0. The van der Waals surface area contributed by atoms with Gasteiger partial charge < -0.3 is 0 Å². The summed E-state index contributed by atoms with van der Waals surface area (Å²) in [4.78, 5) is 4.12. The van der Waals surface area contributed by atoms with E-state index in [1.807, 2.05) is 6.92 Å². The van der Waals surface area contributed by atoms with Gasteiger partial charge in [0.15, 0.2) is 5.65 Å². The smallest absolute Gasteiger partial charge is 0.182 e. The SMILES string of the molecule is CCc1nccc2nnnn12. The fraction of sp³-hybridized carbons (Fsp3) is 0.333. The molecule has 0 aromatic carbocycles. The highest BCUT2D eigenvalue weighted by Crippen LogP contribution is 1.98. The van der Waals surface area contributed by atoms with Crippen molar-refractivity contribution >= 4 is 5.65 Å². The van der Waals surface area contributed by atoms with Crippen LogP contribution in [0.5, 0.6) is 0 Å². The molecule has 0 N–H and O–H groups in total. The molecule has 0 spiro atoms. The van der Waals surface area contributed by atoms with E-state index in [0.717, 1.165) is 17.9 Å². The molecule has 0 aliphatic rings. The van der Waals surface area contributed by atoms with Crippen molar-refractivity contribution in [3.63, 3.8) is 0 Å². The highest BCUT2D eigenvalue weighted by Gasteiger charge is 2.00. The van der Waals surface area contributed by atoms with Crippen molar-refractivity contribution < 1.29 is 0 Å². The molecular weight excluding hydrogens is 142 g/mol. The zero-order valence-corrected chi connectivity index (χ0v) is 6.10. The molecule has 2 rings (SSSR count). The predicted molar refractivity (Wildman–Crippen MR) is 38.0 cm³/mol. The lowest BCUT2D eigenvalue weighted by atomic mass is 10.4. The van der Waals surface area contributed by atoms with Crippen molar-refractivity contribution in [2.75, 3.05) is 0 Å². The maximum Gasteiger partial charge on any atom is 0.182 e. The van der Waals surface area contributed by atoms with Crippen molar-refractivity contribution in [1.82, 2.24) is 25.0 Å². The lowest BCUT2D eigenvalue weighted by molar-refractivity contribution is 0.754. The summed E-state index contributed by atoms with van der Waals surface area (Å²) in [5, 5.41) is 11.1. The quantitative estimate of drug-likeness (QED) is 0.576. The number of fused-ring (bicyclic) bond motifs is 1. The van der Waals surface area contributed by atoms with Gasteiger partial charge in [-0.15, -0.1) is 5.10 Å². The average molecular weight is 149 g/mol. The molecule has 2 aromatic rings. The Balaban J connectivity index is 2.79. The third-order valence-electron chi connectivity index (χ3n) is 1.50. The second-order valence-corrected chi connectivity index (χ2v) is 2.16. The summed E-state index contributed by atoms with van der Waals surface area (Å²) in [6.07, 6.45) is 2.55. The van der Waals surface area contributed by atoms with Crippen LogP contribution < -0.4 is 0 Å². The van der Waals surface area contributed by atoms with E-state index < -0.39 is 0 Å². The van der Waals surface area contributed by atoms with E-state index in [1.165, 1.54) is 0 Å². The summed E-state index contributed by atoms with van der Waals surface area (Å²) in [6.45, 7) is 2.02. The standard InChI is InChI=1S/C6H7N5/c1-2-5-7-4-3-6-8-9-10-11(5)6/h3-4H,2H2,1H3. The van der Waals surface area contributed by atoms with Crippen LogP contribution in [0.3, 0.4) is 0 Å². The van der Waals surface area contributed by atoms with Gasteiger partial charge in [0, 0.05) is 18.7 Å². The van der Waals surface area contributed by atoms with Crippen LogP contribution in [0, 0.1) is 0 Å². The number of nitrogens with zero attached hydrogens (tertiary/aromatic N) is 5. The fourth-order valence-corrected chi connectivity index (χ4v) is 0.967. The van der Waals surface area contributed by atoms with Gasteiger partial charge in [0.05, 0.1) is 0 Å². The van der Waals surface area contributed by atoms with Crippen LogP contribution in [0.15, 0.2) is 12.3 Å². The maximum atomic E-state index is 4.12. The second-order valence-electron chi connectivity index (χ2n) is 2.16. The Hall–Kier alpha value is -1.52. The highest BCUT2D eigenvalue weighted by atomic mass is 15.5. The number of aryl methyl sites for hydroxylation is 1. The fourth-order valence-electron chi connectivity index (χ4n) is 0.967. The summed E-state index contributed by atoms with van der Waals surface area (Å²) >= 11 is 0. The molecule has 0 bridgehead atoms. The van der Waals surface area contributed by atoms with Gasteiger partial charge in [-0.05, 0) is 10.4 Å². The third-order valence-corrected chi connectivity index (χ3v) is 1.50. The molecule has 5 heteroatoms. The molecule has 0 fully saturated rings. The Kier molecular flexibility index (Phi) is 1.28. The van der Waals surface area contributed by atoms with Gasteiger partial charge in [0.2, 0.25) is 0 Å². The first kappa shape index (κ1) is 6.21. The molecule has 11 heavy (non-hydrogen) atoms. The normalized spacial score (nSPS) is 10.6. The molecule has 56 valence electrons. The summed E-state index contributed by atoms with van der Waals surface area (Å²) < 4.78 is 1.64. The Labute approximate surface area is 63.1 Å². The van der Waals surface area contributed by atoms with E-state index in [2.05, 4.69) is 20.5 Å². The van der Waals surface area contributed by atoms with Crippen LogP contribution >= 0.6 is 0 Å². The first-order valence-electron chi connectivity index (χ1n) is 3.44. The van der Waals surface area contributed by atoms with Gasteiger partial charge in [0.1, 0.15) is 5.82 Å². The number of tetrazole rings is 1. The van der Waals surface area contributed by atoms with Gasteiger partial charge in [-0.3, -0.25) is 0 Å². The van der Waals surface area contributed by atoms with E-state index in [9.17, 15) is 0 Å². The van der Waals surface area contributed by atoms with Crippen molar-refractivity contribution in [1.29, 1.82) is 0 Å². The molecule has 0 aliphatic carbocycles. The van der Waals surface area contributed by atoms with Crippen LogP contribution in [-0.2, 0) is 6.42 Å². The van der Waals surface area contributed by atoms with Crippen molar-refractivity contribution in [3.8, 4) is 0 Å². The van der Waals surface area contributed by atoms with Gasteiger partial charge in [0.25, 0.3) is 0 Å². The lowest BCUT2D eigenvalue weighted by Crippen LogP contribution is -1.99. The molecule has 0 aliphatic heterocycles. The van der Waals surface area contributed by atoms with E-state index >= 15 is 0 Å². The van der Waals surface area contributed by atoms with Crippen molar-refractivity contribution in [3.05, 3.63) is 18.1 Å². The summed E-state index contributed by atoms with van der Waals surface area (Å²) in [7, 11) is 0. The summed E-state index contributed by atoms with van der Waals surface area (Å²) in [5.41, 5.74) is 0.747. The zero-order valence-electron chi connectivity index (χ0n) is 6.10. The van der Waals surface area contributed by atoms with E-state index in [-0.39, 0.29) is 0 Å². The van der Waals surface area contributed by atoms with Crippen LogP contribution in [0.2, 0.25) is 0 Å². The van der Waals surface area contributed by atoms with Crippen LogP contribution in [0.25, 0.3) is 5.65 Å². The van der Waals surface area contributed by atoms with Crippen LogP contribution in [-0.4, -0.2) is 25.0 Å². The lowest BCUT2D eigenvalue weighted by Gasteiger charge is -1.95. The van der Waals surface area contributed by atoms with Gasteiger partial charge >= 0.3 is 0 Å². The molecule has 2 heterocycles. The molecule has 0 amide bonds. The zero-order chi connectivity index (χ0) is 7.68. The minimum atomic E-state index is 0.747.